The van der Waals surface area contributed by atoms with Crippen LogP contribution in [0.5, 0.6) is 0 Å². The molecule has 20 heavy (non-hydrogen) atoms. The fourth-order valence-corrected chi connectivity index (χ4v) is 2.79. The van der Waals surface area contributed by atoms with Crippen molar-refractivity contribution in [2.24, 2.45) is 5.92 Å². The van der Waals surface area contributed by atoms with E-state index in [1.165, 1.54) is 5.56 Å². The van der Waals surface area contributed by atoms with Crippen LogP contribution in [-0.2, 0) is 11.2 Å². The second-order valence-corrected chi connectivity index (χ2v) is 5.77. The summed E-state index contributed by atoms with van der Waals surface area (Å²) in [6.07, 6.45) is 2.87. The molecular weight excluding hydrogens is 250 g/mol. The van der Waals surface area contributed by atoms with Gasteiger partial charge in [0.15, 0.2) is 0 Å². The van der Waals surface area contributed by atoms with E-state index in [-0.39, 0.29) is 18.4 Å². The van der Waals surface area contributed by atoms with Crippen LogP contribution >= 0.6 is 0 Å². The fraction of sp³-hybridized carbons (Fsp3) is 0.588. The molecule has 3 heteroatoms. The lowest BCUT2D eigenvalue weighted by molar-refractivity contribution is -0.134. The molecule has 1 amide bonds. The minimum Gasteiger partial charge on any atom is -0.396 e. The summed E-state index contributed by atoms with van der Waals surface area (Å²) in [6.45, 7) is 5.93. The zero-order valence-corrected chi connectivity index (χ0v) is 12.5. The predicted octanol–water partition coefficient (Wildman–Crippen LogP) is 2.58. The van der Waals surface area contributed by atoms with Crippen LogP contribution < -0.4 is 0 Å². The minimum atomic E-state index is -0.0772. The number of amides is 1. The molecule has 0 saturated carbocycles. The Morgan fingerprint density at radius 1 is 1.30 bits per heavy atom. The Labute approximate surface area is 121 Å². The van der Waals surface area contributed by atoms with E-state index >= 15 is 0 Å². The Hall–Kier alpha value is -1.35. The molecule has 0 radical (unpaired) electrons. The summed E-state index contributed by atoms with van der Waals surface area (Å²) >= 11 is 0. The maximum Gasteiger partial charge on any atom is 0.229 e. The van der Waals surface area contributed by atoms with Gasteiger partial charge in [-0.1, -0.05) is 31.2 Å². The zero-order chi connectivity index (χ0) is 14.5. The van der Waals surface area contributed by atoms with E-state index in [0.717, 1.165) is 37.9 Å². The number of hydrogen-bond donors (Lipinski definition) is 1. The maximum atomic E-state index is 12.5. The molecule has 110 valence electrons. The van der Waals surface area contributed by atoms with E-state index < -0.39 is 0 Å². The summed E-state index contributed by atoms with van der Waals surface area (Å²) in [4.78, 5) is 14.5. The van der Waals surface area contributed by atoms with Gasteiger partial charge in [0.05, 0.1) is 5.92 Å². The third kappa shape index (κ3) is 3.40. The first-order valence-corrected chi connectivity index (χ1v) is 7.64. The minimum absolute atomic E-state index is 0.0772. The van der Waals surface area contributed by atoms with Gasteiger partial charge in [-0.25, -0.2) is 0 Å². The molecule has 1 unspecified atom stereocenters. The summed E-state index contributed by atoms with van der Waals surface area (Å²) in [5, 5.41) is 9.15. The Morgan fingerprint density at radius 3 is 2.40 bits per heavy atom. The number of aliphatic hydroxyl groups excluding tert-OH is 1. The van der Waals surface area contributed by atoms with E-state index in [1.54, 1.807) is 0 Å². The highest BCUT2D eigenvalue weighted by Gasteiger charge is 2.26. The normalized spacial score (nSPS) is 18.1. The molecule has 3 nitrogen and oxygen atoms in total. The summed E-state index contributed by atoms with van der Waals surface area (Å²) in [7, 11) is 0. The van der Waals surface area contributed by atoms with Gasteiger partial charge in [-0.2, -0.15) is 0 Å². The first-order valence-electron chi connectivity index (χ1n) is 7.64. The lowest BCUT2D eigenvalue weighted by atomic mass is 9.94. The first-order chi connectivity index (χ1) is 9.65. The molecular formula is C17H25NO2. The lowest BCUT2D eigenvalue weighted by Gasteiger charge is -2.33. The van der Waals surface area contributed by atoms with Gasteiger partial charge in [0.2, 0.25) is 5.91 Å². The van der Waals surface area contributed by atoms with Gasteiger partial charge < -0.3 is 10.0 Å². The van der Waals surface area contributed by atoms with Crippen molar-refractivity contribution in [1.82, 2.24) is 4.90 Å². The van der Waals surface area contributed by atoms with Crippen molar-refractivity contribution in [1.29, 1.82) is 0 Å². The van der Waals surface area contributed by atoms with Crippen molar-refractivity contribution in [3.8, 4) is 0 Å². The smallest absolute Gasteiger partial charge is 0.229 e. The summed E-state index contributed by atoms with van der Waals surface area (Å²) in [5.41, 5.74) is 2.40. The number of aliphatic hydroxyl groups is 1. The molecule has 1 fully saturated rings. The van der Waals surface area contributed by atoms with Gasteiger partial charge >= 0.3 is 0 Å². The molecule has 1 aromatic carbocycles. The van der Waals surface area contributed by atoms with E-state index in [0.29, 0.717) is 5.92 Å². The predicted molar refractivity (Wildman–Crippen MR) is 80.6 cm³/mol. The number of carbonyl (C=O) groups is 1. The number of benzene rings is 1. The molecule has 1 atom stereocenters. The molecule has 1 aliphatic heterocycles. The number of nitrogens with zero attached hydrogens (tertiary/aromatic N) is 1. The average Bonchev–Trinajstić information content (AvgIpc) is 2.53. The lowest BCUT2D eigenvalue weighted by Crippen LogP contribution is -2.41. The molecule has 0 bridgehead atoms. The standard InChI is InChI=1S/C17H25NO2/c1-3-14-4-6-16(7-5-14)13(2)17(20)18-10-8-15(12-19)9-11-18/h4-7,13,15,19H,3,8-12H2,1-2H3. The first kappa shape index (κ1) is 15.0. The number of piperidine rings is 1. The fourth-order valence-electron chi connectivity index (χ4n) is 2.79. The summed E-state index contributed by atoms with van der Waals surface area (Å²) in [6, 6.07) is 8.36. The highest BCUT2D eigenvalue weighted by atomic mass is 16.3. The number of aryl methyl sites for hydroxylation is 1. The second kappa shape index (κ2) is 6.89. The number of rotatable bonds is 4. The van der Waals surface area contributed by atoms with Crippen molar-refractivity contribution < 1.29 is 9.90 Å². The number of hydrogen-bond acceptors (Lipinski definition) is 2. The quantitative estimate of drug-likeness (QED) is 0.917. The maximum absolute atomic E-state index is 12.5. The summed E-state index contributed by atoms with van der Waals surface area (Å²) < 4.78 is 0. The van der Waals surface area contributed by atoms with E-state index in [2.05, 4.69) is 31.2 Å². The largest absolute Gasteiger partial charge is 0.396 e. The zero-order valence-electron chi connectivity index (χ0n) is 12.5. The van der Waals surface area contributed by atoms with Crippen LogP contribution in [0, 0.1) is 5.92 Å². The highest BCUT2D eigenvalue weighted by Crippen LogP contribution is 2.23. The van der Waals surface area contributed by atoms with E-state index in [9.17, 15) is 4.79 Å². The van der Waals surface area contributed by atoms with Crippen LogP contribution in [0.3, 0.4) is 0 Å². The van der Waals surface area contributed by atoms with Crippen molar-refractivity contribution >= 4 is 5.91 Å². The molecule has 1 saturated heterocycles. The third-order valence-corrected chi connectivity index (χ3v) is 4.44. The third-order valence-electron chi connectivity index (χ3n) is 4.44. The monoisotopic (exact) mass is 275 g/mol. The van der Waals surface area contributed by atoms with Gasteiger partial charge in [0, 0.05) is 19.7 Å². The van der Waals surface area contributed by atoms with Gasteiger partial charge in [-0.05, 0) is 43.2 Å². The highest BCUT2D eigenvalue weighted by molar-refractivity contribution is 5.83. The van der Waals surface area contributed by atoms with Crippen LogP contribution in [0.1, 0.15) is 43.7 Å². The van der Waals surface area contributed by atoms with Crippen LogP contribution in [0.15, 0.2) is 24.3 Å². The molecule has 2 rings (SSSR count). The van der Waals surface area contributed by atoms with Crippen LogP contribution in [-0.4, -0.2) is 35.6 Å². The molecule has 0 aromatic heterocycles. The Morgan fingerprint density at radius 2 is 1.90 bits per heavy atom. The van der Waals surface area contributed by atoms with Crippen molar-refractivity contribution in [2.45, 2.75) is 39.0 Å². The van der Waals surface area contributed by atoms with Gasteiger partial charge in [-0.15, -0.1) is 0 Å². The molecule has 1 heterocycles. The van der Waals surface area contributed by atoms with Gasteiger partial charge in [0.1, 0.15) is 0 Å². The Balaban J connectivity index is 1.97. The van der Waals surface area contributed by atoms with E-state index in [4.69, 9.17) is 5.11 Å². The van der Waals surface area contributed by atoms with Crippen LogP contribution in [0.2, 0.25) is 0 Å². The van der Waals surface area contributed by atoms with Crippen LogP contribution in [0.25, 0.3) is 0 Å². The van der Waals surface area contributed by atoms with Crippen LogP contribution in [0.4, 0.5) is 0 Å². The number of carbonyl (C=O) groups excluding carboxylic acids is 1. The molecule has 1 N–H and O–H groups in total. The average molecular weight is 275 g/mol. The molecule has 0 aliphatic carbocycles. The van der Waals surface area contributed by atoms with Gasteiger partial charge in [-0.3, -0.25) is 4.79 Å². The second-order valence-electron chi connectivity index (χ2n) is 5.77. The SMILES string of the molecule is CCc1ccc(C(C)C(=O)N2CCC(CO)CC2)cc1. The molecule has 0 spiro atoms. The topological polar surface area (TPSA) is 40.5 Å². The van der Waals surface area contributed by atoms with Gasteiger partial charge in [0.25, 0.3) is 0 Å². The number of likely N-dealkylation sites (tertiary alicyclic amines) is 1. The molecule has 1 aromatic rings. The summed E-state index contributed by atoms with van der Waals surface area (Å²) in [5.74, 6) is 0.510. The Bertz CT molecular complexity index is 433. The molecule has 1 aliphatic rings. The van der Waals surface area contributed by atoms with Crippen molar-refractivity contribution in [3.05, 3.63) is 35.4 Å². The van der Waals surface area contributed by atoms with E-state index in [1.807, 2.05) is 11.8 Å². The van der Waals surface area contributed by atoms with Crippen molar-refractivity contribution in [2.75, 3.05) is 19.7 Å². The Kier molecular flexibility index (Phi) is 5.18. The van der Waals surface area contributed by atoms with Crippen molar-refractivity contribution in [3.63, 3.8) is 0 Å².